The van der Waals surface area contributed by atoms with Crippen molar-refractivity contribution in [3.63, 3.8) is 0 Å². The van der Waals surface area contributed by atoms with Crippen molar-refractivity contribution in [1.82, 2.24) is 14.4 Å². The largest absolute Gasteiger partial charge is 0.342 e. The van der Waals surface area contributed by atoms with Crippen LogP contribution in [0.5, 0.6) is 0 Å². The summed E-state index contributed by atoms with van der Waals surface area (Å²) in [6.07, 6.45) is 7.74. The highest BCUT2D eigenvalue weighted by atomic mass is 32.2. The van der Waals surface area contributed by atoms with Crippen molar-refractivity contribution in [3.05, 3.63) is 30.5 Å². The van der Waals surface area contributed by atoms with E-state index in [-0.39, 0.29) is 11.8 Å². The molecule has 2 aliphatic heterocycles. The zero-order valence-electron chi connectivity index (χ0n) is 15.7. The Morgan fingerprint density at radius 2 is 1.48 bits per heavy atom. The lowest BCUT2D eigenvalue weighted by Crippen LogP contribution is -2.36. The van der Waals surface area contributed by atoms with Crippen LogP contribution < -0.4 is 0 Å². The van der Waals surface area contributed by atoms with Crippen molar-refractivity contribution in [2.24, 2.45) is 0 Å². The highest BCUT2D eigenvalue weighted by Crippen LogP contribution is 2.30. The Labute approximate surface area is 164 Å². The number of aromatic nitrogens is 1. The van der Waals surface area contributed by atoms with Gasteiger partial charge < -0.3 is 14.4 Å². The Kier molecular flexibility index (Phi) is 5.72. The number of piperidine rings is 1. The Morgan fingerprint density at radius 3 is 2.22 bits per heavy atom. The fraction of sp³-hybridized carbons (Fsp3) is 0.524. The van der Waals surface area contributed by atoms with Crippen LogP contribution in [0.2, 0.25) is 0 Å². The quantitative estimate of drug-likeness (QED) is 0.742. The number of benzene rings is 1. The summed E-state index contributed by atoms with van der Waals surface area (Å²) in [4.78, 5) is 30.1. The van der Waals surface area contributed by atoms with Gasteiger partial charge in [0.25, 0.3) is 0 Å². The molecule has 0 N–H and O–H groups in total. The van der Waals surface area contributed by atoms with Gasteiger partial charge >= 0.3 is 0 Å². The number of hydrogen-bond acceptors (Lipinski definition) is 3. The monoisotopic (exact) mass is 385 g/mol. The van der Waals surface area contributed by atoms with Gasteiger partial charge in [-0.2, -0.15) is 0 Å². The number of thioether (sulfide) groups is 1. The van der Waals surface area contributed by atoms with Gasteiger partial charge in [0.2, 0.25) is 11.8 Å². The summed E-state index contributed by atoms with van der Waals surface area (Å²) in [6, 6.07) is 8.17. The van der Waals surface area contributed by atoms with Crippen LogP contribution in [-0.2, 0) is 16.1 Å². The molecule has 0 saturated carbocycles. The molecule has 0 radical (unpaired) electrons. The third-order valence-electron chi connectivity index (χ3n) is 5.58. The molecule has 5 nitrogen and oxygen atoms in total. The molecule has 0 atom stereocenters. The van der Waals surface area contributed by atoms with Gasteiger partial charge in [-0.1, -0.05) is 18.2 Å². The normalized spacial score (nSPS) is 17.6. The zero-order valence-corrected chi connectivity index (χ0v) is 16.5. The molecule has 2 amide bonds. The molecular formula is C21H27N3O2S. The van der Waals surface area contributed by atoms with Crippen molar-refractivity contribution in [3.8, 4) is 0 Å². The fourth-order valence-corrected chi connectivity index (χ4v) is 5.04. The number of carbonyl (C=O) groups is 2. The zero-order chi connectivity index (χ0) is 18.6. The van der Waals surface area contributed by atoms with E-state index in [1.807, 2.05) is 32.7 Å². The summed E-state index contributed by atoms with van der Waals surface area (Å²) in [5.74, 6) is 0.882. The van der Waals surface area contributed by atoms with Crippen molar-refractivity contribution in [2.45, 2.75) is 43.5 Å². The van der Waals surface area contributed by atoms with E-state index in [4.69, 9.17) is 0 Å². The third kappa shape index (κ3) is 4.15. The van der Waals surface area contributed by atoms with Crippen LogP contribution in [0, 0.1) is 0 Å². The maximum absolute atomic E-state index is 12.6. The molecule has 2 aromatic rings. The van der Waals surface area contributed by atoms with E-state index in [1.54, 1.807) is 11.8 Å². The van der Waals surface area contributed by atoms with Gasteiger partial charge in [-0.05, 0) is 38.2 Å². The number of nitrogens with zero attached hydrogens (tertiary/aromatic N) is 3. The predicted octanol–water partition coefficient (Wildman–Crippen LogP) is 3.37. The number of carbonyl (C=O) groups excluding carboxylic acids is 2. The molecule has 1 aromatic heterocycles. The molecule has 0 aliphatic carbocycles. The second-order valence-electron chi connectivity index (χ2n) is 7.46. The predicted molar refractivity (Wildman–Crippen MR) is 109 cm³/mol. The Hall–Kier alpha value is -1.95. The summed E-state index contributed by atoms with van der Waals surface area (Å²) < 4.78 is 2.05. The molecular weight excluding hydrogens is 358 g/mol. The minimum Gasteiger partial charge on any atom is -0.342 e. The van der Waals surface area contributed by atoms with Crippen molar-refractivity contribution < 1.29 is 9.59 Å². The van der Waals surface area contributed by atoms with Crippen molar-refractivity contribution in [1.29, 1.82) is 0 Å². The highest BCUT2D eigenvalue weighted by molar-refractivity contribution is 8.00. The van der Waals surface area contributed by atoms with E-state index in [0.29, 0.717) is 12.3 Å². The topological polar surface area (TPSA) is 45.6 Å². The van der Waals surface area contributed by atoms with Gasteiger partial charge in [-0.25, -0.2) is 0 Å². The molecule has 0 spiro atoms. The Morgan fingerprint density at radius 1 is 0.852 bits per heavy atom. The standard InChI is InChI=1S/C21H27N3O2S/c25-20(22-12-6-7-13-22)15-24-14-19(17-8-2-3-9-18(17)24)27-16-21(26)23-10-4-1-5-11-23/h2-3,8-9,14H,1,4-7,10-13,15-16H2. The number of fused-ring (bicyclic) bond motifs is 1. The first-order valence-electron chi connectivity index (χ1n) is 9.98. The van der Waals surface area contributed by atoms with Gasteiger partial charge in [0.05, 0.1) is 5.75 Å². The SMILES string of the molecule is O=C(CSc1cn(CC(=O)N2CCCC2)c2ccccc12)N1CCCCC1. The molecule has 27 heavy (non-hydrogen) atoms. The molecule has 2 saturated heterocycles. The first-order chi connectivity index (χ1) is 13.2. The lowest BCUT2D eigenvalue weighted by molar-refractivity contribution is -0.131. The smallest absolute Gasteiger partial charge is 0.242 e. The van der Waals surface area contributed by atoms with Gasteiger partial charge in [0.1, 0.15) is 6.54 Å². The Balaban J connectivity index is 1.47. The highest BCUT2D eigenvalue weighted by Gasteiger charge is 2.21. The fourth-order valence-electron chi connectivity index (χ4n) is 4.05. The Bertz CT molecular complexity index is 820. The second kappa shape index (κ2) is 8.38. The molecule has 6 heteroatoms. The molecule has 3 heterocycles. The van der Waals surface area contributed by atoms with E-state index in [2.05, 4.69) is 12.1 Å². The lowest BCUT2D eigenvalue weighted by atomic mass is 10.1. The van der Waals surface area contributed by atoms with E-state index in [1.165, 1.54) is 6.42 Å². The second-order valence-corrected chi connectivity index (χ2v) is 8.47. The van der Waals surface area contributed by atoms with Gasteiger partial charge in [-0.3, -0.25) is 9.59 Å². The maximum Gasteiger partial charge on any atom is 0.242 e. The van der Waals surface area contributed by atoms with Gasteiger partial charge in [-0.15, -0.1) is 11.8 Å². The van der Waals surface area contributed by atoms with Crippen molar-refractivity contribution in [2.75, 3.05) is 31.9 Å². The lowest BCUT2D eigenvalue weighted by Gasteiger charge is -2.26. The average Bonchev–Trinajstić information content (AvgIpc) is 3.36. The first kappa shape index (κ1) is 18.4. The molecule has 1 aromatic carbocycles. The number of para-hydroxylation sites is 1. The summed E-state index contributed by atoms with van der Waals surface area (Å²) in [6.45, 7) is 3.92. The van der Waals surface area contributed by atoms with Gasteiger partial charge in [0, 0.05) is 48.2 Å². The number of rotatable bonds is 5. The minimum absolute atomic E-state index is 0.189. The molecule has 2 aliphatic rings. The van der Waals surface area contributed by atoms with Crippen LogP contribution in [0.1, 0.15) is 32.1 Å². The maximum atomic E-state index is 12.6. The van der Waals surface area contributed by atoms with E-state index in [9.17, 15) is 9.59 Å². The molecule has 4 rings (SSSR count). The minimum atomic E-state index is 0.189. The van der Waals surface area contributed by atoms with Crippen LogP contribution in [0.25, 0.3) is 10.9 Å². The number of likely N-dealkylation sites (tertiary alicyclic amines) is 2. The third-order valence-corrected chi connectivity index (χ3v) is 6.60. The van der Waals surface area contributed by atoms with E-state index < -0.39 is 0 Å². The molecule has 2 fully saturated rings. The summed E-state index contributed by atoms with van der Waals surface area (Å²) in [7, 11) is 0. The van der Waals surface area contributed by atoms with Crippen LogP contribution in [0.15, 0.2) is 35.4 Å². The summed E-state index contributed by atoms with van der Waals surface area (Å²) in [5.41, 5.74) is 1.07. The molecule has 144 valence electrons. The summed E-state index contributed by atoms with van der Waals surface area (Å²) >= 11 is 1.59. The van der Waals surface area contributed by atoms with Crippen LogP contribution in [0.3, 0.4) is 0 Å². The van der Waals surface area contributed by atoms with Crippen LogP contribution >= 0.6 is 11.8 Å². The van der Waals surface area contributed by atoms with Crippen LogP contribution in [0.4, 0.5) is 0 Å². The average molecular weight is 386 g/mol. The van der Waals surface area contributed by atoms with E-state index in [0.717, 1.165) is 67.7 Å². The number of amides is 2. The van der Waals surface area contributed by atoms with Crippen LogP contribution in [-0.4, -0.2) is 58.1 Å². The number of hydrogen-bond donors (Lipinski definition) is 0. The first-order valence-corrected chi connectivity index (χ1v) is 11.0. The van der Waals surface area contributed by atoms with E-state index >= 15 is 0 Å². The van der Waals surface area contributed by atoms with Crippen molar-refractivity contribution >= 4 is 34.5 Å². The molecule has 0 bridgehead atoms. The molecule has 0 unspecified atom stereocenters. The summed E-state index contributed by atoms with van der Waals surface area (Å²) in [5, 5.41) is 1.13. The van der Waals surface area contributed by atoms with Gasteiger partial charge in [0.15, 0.2) is 0 Å².